The molecule has 5 aliphatic rings. The van der Waals surface area contributed by atoms with Gasteiger partial charge in [-0.3, -0.25) is 19.2 Å². The molecule has 10 heteroatoms. The van der Waals surface area contributed by atoms with Crippen LogP contribution in [0.2, 0.25) is 0 Å². The number of carbonyl (C=O) groups is 3. The van der Waals surface area contributed by atoms with Crippen molar-refractivity contribution >= 4 is 23.4 Å². The van der Waals surface area contributed by atoms with Gasteiger partial charge in [-0.25, -0.2) is 5.48 Å². The molecule has 58 heavy (non-hydrogen) atoms. The fourth-order valence-electron chi connectivity index (χ4n) is 12.4. The molecule has 4 fully saturated rings. The second kappa shape index (κ2) is 18.2. The summed E-state index contributed by atoms with van der Waals surface area (Å²) in [6.45, 7) is 8.47. The first-order valence-corrected chi connectivity index (χ1v) is 21.8. The van der Waals surface area contributed by atoms with Gasteiger partial charge in [-0.1, -0.05) is 85.7 Å². The van der Waals surface area contributed by atoms with E-state index in [1.807, 2.05) is 48.5 Å². The average Bonchev–Trinajstić information content (AvgIpc) is 3.82. The largest absolute Gasteiger partial charge is 0.462 e. The van der Waals surface area contributed by atoms with Gasteiger partial charge in [0.05, 0.1) is 12.3 Å². The third-order valence-corrected chi connectivity index (χ3v) is 15.2. The summed E-state index contributed by atoms with van der Waals surface area (Å²) in [6, 6.07) is 19.9. The summed E-state index contributed by atoms with van der Waals surface area (Å²) in [5, 5.41) is 14.5. The van der Waals surface area contributed by atoms with Gasteiger partial charge < -0.3 is 19.4 Å². The van der Waals surface area contributed by atoms with E-state index in [1.54, 1.807) is 0 Å². The molecule has 0 heterocycles. The summed E-state index contributed by atoms with van der Waals surface area (Å²) in [5.74, 6) is 0.462. The van der Waals surface area contributed by atoms with Crippen LogP contribution < -0.4 is 5.48 Å². The number of fused-ring (bicyclic) bond motifs is 1. The summed E-state index contributed by atoms with van der Waals surface area (Å²) < 4.78 is 11.9. The van der Waals surface area contributed by atoms with Crippen molar-refractivity contribution in [1.82, 2.24) is 5.48 Å². The highest BCUT2D eigenvalue weighted by Crippen LogP contribution is 2.81. The highest BCUT2D eigenvalue weighted by molar-refractivity contribution is 5.96. The van der Waals surface area contributed by atoms with Crippen molar-refractivity contribution < 1.29 is 38.6 Å². The lowest BCUT2D eigenvalue weighted by molar-refractivity contribution is -0.156. The highest BCUT2D eigenvalue weighted by atomic mass is 16.6. The summed E-state index contributed by atoms with van der Waals surface area (Å²) in [6.07, 6.45) is 13.2. The molecule has 0 aliphatic heterocycles. The highest BCUT2D eigenvalue weighted by Gasteiger charge is 2.75. The standard InChI is InChI=1S/C48H64N2O8/c1-32-25-39-27-44(58-34(3)53)42(17-18-43(57-33(2)52)45(54)37(20-24-51)28-49-55-29-35-11-7-5-8-12-35)46(39,4)22-23-48-31-47(48)21-19-40(26-38(47)15-16-41(32)48)50-56-30-36-13-9-6-10-14-36/h5-14,19,21,32,37-39,41-44,49,51H,15-18,20,22-31H2,1-4H3. The van der Waals surface area contributed by atoms with E-state index in [2.05, 4.69) is 48.8 Å². The van der Waals surface area contributed by atoms with E-state index in [0.717, 1.165) is 48.9 Å². The summed E-state index contributed by atoms with van der Waals surface area (Å²) in [7, 11) is 0. The zero-order valence-electron chi connectivity index (χ0n) is 34.9. The number of esters is 2. The Morgan fingerprint density at radius 1 is 0.914 bits per heavy atom. The number of hydroxylamine groups is 1. The van der Waals surface area contributed by atoms with Crippen LogP contribution in [0.5, 0.6) is 0 Å². The number of nitrogens with zero attached hydrogens (tertiary/aromatic N) is 1. The fraction of sp³-hybridized carbons (Fsp3) is 0.625. The molecule has 5 aliphatic carbocycles. The van der Waals surface area contributed by atoms with Gasteiger partial charge in [0.2, 0.25) is 0 Å². The van der Waals surface area contributed by atoms with Crippen molar-refractivity contribution in [2.45, 2.75) is 124 Å². The maximum atomic E-state index is 14.1. The van der Waals surface area contributed by atoms with Crippen molar-refractivity contribution in [3.8, 4) is 0 Å². The maximum Gasteiger partial charge on any atom is 0.303 e. The summed E-state index contributed by atoms with van der Waals surface area (Å²) >= 11 is 0. The van der Waals surface area contributed by atoms with Gasteiger partial charge in [0.1, 0.15) is 12.7 Å². The van der Waals surface area contributed by atoms with Crippen molar-refractivity contribution in [2.24, 2.45) is 56.9 Å². The molecule has 0 aromatic heterocycles. The molecule has 0 amide bonds. The molecule has 2 N–H and O–H groups in total. The first-order valence-electron chi connectivity index (χ1n) is 21.8. The Bertz CT molecular complexity index is 1800. The minimum absolute atomic E-state index is 0.00696. The van der Waals surface area contributed by atoms with Crippen LogP contribution in [-0.4, -0.2) is 53.9 Å². The third-order valence-electron chi connectivity index (χ3n) is 15.2. The lowest BCUT2D eigenvalue weighted by Crippen LogP contribution is -2.44. The van der Waals surface area contributed by atoms with Crippen LogP contribution in [0.4, 0.5) is 0 Å². The molecule has 11 unspecified atom stereocenters. The number of hydrogen-bond acceptors (Lipinski definition) is 10. The Morgan fingerprint density at radius 2 is 1.64 bits per heavy atom. The van der Waals surface area contributed by atoms with Crippen LogP contribution >= 0.6 is 0 Å². The molecule has 2 aromatic rings. The predicted octanol–water partition coefficient (Wildman–Crippen LogP) is 8.32. The number of aliphatic hydroxyl groups excluding tert-OH is 1. The number of rotatable bonds is 17. The number of ether oxygens (including phenoxy) is 2. The minimum Gasteiger partial charge on any atom is -0.462 e. The molecule has 4 saturated carbocycles. The molecule has 2 spiro atoms. The molecule has 10 nitrogen and oxygen atoms in total. The SMILES string of the molecule is CC(=O)OC(CCC1C(OC(C)=O)CC2CC(C)C3CCC4CC(=NOCc5ccccc5)C=CC45CC35CCC21C)C(=O)C(CCO)CNOCc1ccccc1. The van der Waals surface area contributed by atoms with E-state index in [9.17, 15) is 19.5 Å². The number of aliphatic hydroxyl groups is 1. The van der Waals surface area contributed by atoms with E-state index < -0.39 is 18.0 Å². The number of benzene rings is 2. The van der Waals surface area contributed by atoms with Crippen molar-refractivity contribution in [1.29, 1.82) is 0 Å². The fourth-order valence-corrected chi connectivity index (χ4v) is 12.4. The van der Waals surface area contributed by atoms with Gasteiger partial charge in [0.15, 0.2) is 11.9 Å². The first-order chi connectivity index (χ1) is 28.0. The lowest BCUT2D eigenvalue weighted by Gasteiger charge is -2.50. The van der Waals surface area contributed by atoms with E-state index in [0.29, 0.717) is 49.7 Å². The quantitative estimate of drug-likeness (QED) is 0.0922. The van der Waals surface area contributed by atoms with Crippen LogP contribution in [-0.2, 0) is 46.7 Å². The monoisotopic (exact) mass is 796 g/mol. The van der Waals surface area contributed by atoms with Gasteiger partial charge in [-0.2, -0.15) is 0 Å². The number of allylic oxidation sites excluding steroid dienone is 2. The smallest absolute Gasteiger partial charge is 0.303 e. The Labute approximate surface area is 344 Å². The number of hydrogen-bond donors (Lipinski definition) is 2. The van der Waals surface area contributed by atoms with E-state index in [1.165, 1.54) is 33.1 Å². The molecule has 2 aromatic carbocycles. The molecule has 11 atom stereocenters. The number of oxime groups is 1. The Morgan fingerprint density at radius 3 is 2.33 bits per heavy atom. The Hall–Kier alpha value is -3.86. The first kappa shape index (κ1) is 42.3. The summed E-state index contributed by atoms with van der Waals surface area (Å²) in [5.41, 5.74) is 6.34. The van der Waals surface area contributed by atoms with Gasteiger partial charge in [0.25, 0.3) is 0 Å². The molecule has 0 saturated heterocycles. The molecular weight excluding hydrogens is 733 g/mol. The van der Waals surface area contributed by atoms with Crippen molar-refractivity contribution in [2.75, 3.05) is 13.2 Å². The van der Waals surface area contributed by atoms with Crippen LogP contribution in [0.1, 0.15) is 109 Å². The number of nitrogens with one attached hydrogen (secondary N) is 1. The molecule has 0 bridgehead atoms. The molecule has 7 rings (SSSR count). The zero-order valence-corrected chi connectivity index (χ0v) is 34.9. The maximum absolute atomic E-state index is 14.1. The van der Waals surface area contributed by atoms with E-state index in [-0.39, 0.29) is 59.6 Å². The Kier molecular flexibility index (Phi) is 13.3. The topological polar surface area (TPSA) is 133 Å². The normalized spacial score (nSPS) is 33.9. The average molecular weight is 797 g/mol. The van der Waals surface area contributed by atoms with E-state index >= 15 is 0 Å². The van der Waals surface area contributed by atoms with Gasteiger partial charge in [0, 0.05) is 38.8 Å². The molecule has 314 valence electrons. The van der Waals surface area contributed by atoms with Gasteiger partial charge in [-0.15, -0.1) is 0 Å². The van der Waals surface area contributed by atoms with Crippen molar-refractivity contribution in [3.05, 3.63) is 83.9 Å². The number of Topliss-reactive ketones (excluding diaryl/α,β-unsaturated/α-hetero) is 1. The molecule has 0 radical (unpaired) electrons. The predicted molar refractivity (Wildman–Crippen MR) is 221 cm³/mol. The van der Waals surface area contributed by atoms with Gasteiger partial charge >= 0.3 is 11.9 Å². The number of ketones is 1. The van der Waals surface area contributed by atoms with Crippen LogP contribution in [0, 0.1) is 51.8 Å². The lowest BCUT2D eigenvalue weighted by atomic mass is 9.54. The van der Waals surface area contributed by atoms with Crippen LogP contribution in [0.3, 0.4) is 0 Å². The second-order valence-corrected chi connectivity index (χ2v) is 18.4. The number of carbonyl (C=O) groups excluding carboxylic acids is 3. The Balaban J connectivity index is 1.06. The zero-order chi connectivity index (χ0) is 40.9. The van der Waals surface area contributed by atoms with Crippen LogP contribution in [0.25, 0.3) is 0 Å². The molecular formula is C48H64N2O8. The third kappa shape index (κ3) is 8.85. The second-order valence-electron chi connectivity index (χ2n) is 18.4. The summed E-state index contributed by atoms with van der Waals surface area (Å²) in [4.78, 5) is 50.6. The van der Waals surface area contributed by atoms with Crippen LogP contribution in [0.15, 0.2) is 78.0 Å². The van der Waals surface area contributed by atoms with E-state index in [4.69, 9.17) is 19.1 Å². The van der Waals surface area contributed by atoms with Gasteiger partial charge in [-0.05, 0) is 128 Å². The minimum atomic E-state index is -0.980. The van der Waals surface area contributed by atoms with Crippen molar-refractivity contribution in [3.63, 3.8) is 0 Å².